The van der Waals surface area contributed by atoms with Crippen molar-refractivity contribution < 1.29 is 55.6 Å². The molecule has 0 spiro atoms. The molecule has 2 aromatic carbocycles. The van der Waals surface area contributed by atoms with Crippen LogP contribution in [0.25, 0.3) is 5.57 Å². The SMILES string of the molecule is CC(C)(C(/C=C1\C(=O)C(/C=C2/N(CCCCCC(=O)O)c3ccc(S(=O)(=O)O)cc3C2(C)C)=C1c1c(O)[nH]c(=O)[nH]c1=O)=NCCCCCC(=O)O)c1cc(S(=O)(=O)O)ccc1I. The molecule has 0 bridgehead atoms. The van der Waals surface area contributed by atoms with Gasteiger partial charge in [-0.1, -0.05) is 40.5 Å². The van der Waals surface area contributed by atoms with Crippen LogP contribution in [0.1, 0.15) is 95.8 Å². The smallest absolute Gasteiger partial charge is 0.328 e. The van der Waals surface area contributed by atoms with Crippen molar-refractivity contribution in [3.63, 3.8) is 0 Å². The molecule has 0 unspecified atom stereocenters. The van der Waals surface area contributed by atoms with Crippen molar-refractivity contribution in [2.75, 3.05) is 18.0 Å². The number of ketones is 1. The molecule has 2 heterocycles. The van der Waals surface area contributed by atoms with Gasteiger partial charge in [0, 0.05) is 74.1 Å². The third-order valence-electron chi connectivity index (χ3n) is 11.1. The lowest BCUT2D eigenvalue weighted by molar-refractivity contribution is -0.138. The van der Waals surface area contributed by atoms with Crippen molar-refractivity contribution in [3.8, 4) is 5.88 Å². The van der Waals surface area contributed by atoms with Crippen LogP contribution in [-0.2, 0) is 45.4 Å². The third-order valence-corrected chi connectivity index (χ3v) is 13.7. The number of aromatic amines is 2. The second kappa shape index (κ2) is 18.9. The molecule has 18 nitrogen and oxygen atoms in total. The number of H-pyrrole nitrogens is 2. The van der Waals surface area contributed by atoms with Crippen molar-refractivity contribution in [1.82, 2.24) is 9.97 Å². The third kappa shape index (κ3) is 10.8. The molecule has 0 radical (unpaired) electrons. The summed E-state index contributed by atoms with van der Waals surface area (Å²) in [6.45, 7) is 7.32. The van der Waals surface area contributed by atoms with E-state index in [0.717, 1.165) is 0 Å². The van der Waals surface area contributed by atoms with E-state index in [-0.39, 0.29) is 53.3 Å². The standard InChI is InChI=1S/C42H47IN4O14S2/c1-41(2,27-19-23(62(56,57)58)13-15-29(27)43)31(44-17-9-5-7-11-33(48)49)21-25-35(36-38(53)45-40(55)46-39(36)54)26(37(25)52)22-32-42(3,4)28-20-24(63(59,60)61)14-16-30(28)47(32)18-10-6-8-12-34(50)51/h13-16,19-22H,5-12,17-18H2,1-4H3,(H,48,49)(H,50,51)(H,56,57,58)(H,59,60,61)(H3,45,46,53,54,55)/b25-21-,32-22+,44-31?. The zero-order chi connectivity index (χ0) is 46.8. The van der Waals surface area contributed by atoms with Crippen LogP contribution in [-0.4, -0.2) is 87.8 Å². The molecule has 1 aromatic heterocycles. The zero-order valence-electron chi connectivity index (χ0n) is 34.7. The Hall–Kier alpha value is -5.23. The molecule has 21 heteroatoms. The summed E-state index contributed by atoms with van der Waals surface area (Å²) in [4.78, 5) is 72.8. The molecule has 7 N–H and O–H groups in total. The predicted molar refractivity (Wildman–Crippen MR) is 241 cm³/mol. The van der Waals surface area contributed by atoms with E-state index in [9.17, 15) is 55.0 Å². The Labute approximate surface area is 376 Å². The van der Waals surface area contributed by atoms with E-state index in [1.54, 1.807) is 27.7 Å². The summed E-state index contributed by atoms with van der Waals surface area (Å²) in [7, 11) is -9.30. The maximum atomic E-state index is 14.6. The van der Waals surface area contributed by atoms with Crippen LogP contribution in [0.5, 0.6) is 5.88 Å². The molecule has 1 aliphatic heterocycles. The number of carbonyl (C=O) groups is 3. The topological polar surface area (TPSA) is 302 Å². The van der Waals surface area contributed by atoms with Gasteiger partial charge in [0.1, 0.15) is 5.56 Å². The number of hydrogen-bond acceptors (Lipinski definition) is 12. The number of Topliss-reactive ketones (excluding diaryl/α,β-unsaturated/α-hetero) is 1. The number of aliphatic imine (C=N–C) groups is 1. The number of carboxylic acid groups (broad SMARTS) is 2. The molecule has 5 rings (SSSR count). The number of anilines is 1. The lowest BCUT2D eigenvalue weighted by Crippen LogP contribution is -2.34. The minimum absolute atomic E-state index is 0.0580. The summed E-state index contributed by atoms with van der Waals surface area (Å²) >= 11 is 1.99. The van der Waals surface area contributed by atoms with Crippen molar-refractivity contribution in [1.29, 1.82) is 0 Å². The van der Waals surface area contributed by atoms with E-state index in [2.05, 4.69) is 9.97 Å². The maximum absolute atomic E-state index is 14.6. The van der Waals surface area contributed by atoms with Crippen LogP contribution in [0.3, 0.4) is 0 Å². The van der Waals surface area contributed by atoms with Crippen molar-refractivity contribution >= 4 is 77.5 Å². The number of allylic oxidation sites excluding steroid dienone is 6. The van der Waals surface area contributed by atoms with Gasteiger partial charge in [-0.05, 0) is 108 Å². The minimum Gasteiger partial charge on any atom is -0.494 e. The number of fused-ring (bicyclic) bond motifs is 1. The van der Waals surface area contributed by atoms with Gasteiger partial charge >= 0.3 is 17.6 Å². The fraction of sp³-hybridized carbons (Fsp3) is 0.381. The summed E-state index contributed by atoms with van der Waals surface area (Å²) in [5.41, 5.74) is -3.13. The van der Waals surface area contributed by atoms with Gasteiger partial charge in [-0.25, -0.2) is 4.79 Å². The van der Waals surface area contributed by atoms with Crippen molar-refractivity contribution in [3.05, 3.63) is 106 Å². The number of carbonyl (C=O) groups excluding carboxylic acids is 1. The summed E-state index contributed by atoms with van der Waals surface area (Å²) in [5.74, 6) is -3.41. The molecule has 0 atom stereocenters. The van der Waals surface area contributed by atoms with Crippen molar-refractivity contribution in [2.45, 2.75) is 99.7 Å². The lowest BCUT2D eigenvalue weighted by atomic mass is 9.72. The molecular weight excluding hydrogens is 976 g/mol. The number of nitrogens with zero attached hydrogens (tertiary/aromatic N) is 2. The molecule has 0 amide bonds. The Kier molecular flexibility index (Phi) is 14.6. The highest BCUT2D eigenvalue weighted by atomic mass is 127. The highest BCUT2D eigenvalue weighted by molar-refractivity contribution is 14.1. The molecule has 0 fully saturated rings. The van der Waals surface area contributed by atoms with E-state index in [4.69, 9.17) is 15.2 Å². The Balaban J connectivity index is 1.75. The van der Waals surface area contributed by atoms with Crippen LogP contribution in [0, 0.1) is 3.57 Å². The molecule has 0 saturated carbocycles. The normalized spacial score (nSPS) is 16.8. The first-order valence-electron chi connectivity index (χ1n) is 19.7. The Morgan fingerprint density at radius 3 is 2.03 bits per heavy atom. The molecule has 3 aromatic rings. The minimum atomic E-state index is -4.66. The number of nitrogens with one attached hydrogen (secondary N) is 2. The van der Waals surface area contributed by atoms with E-state index in [1.165, 1.54) is 48.6 Å². The van der Waals surface area contributed by atoms with E-state index < -0.39 is 76.4 Å². The van der Waals surface area contributed by atoms with Crippen LogP contribution >= 0.6 is 22.6 Å². The average molecular weight is 1020 g/mol. The largest absolute Gasteiger partial charge is 0.494 e. The predicted octanol–water partition coefficient (Wildman–Crippen LogP) is 5.52. The van der Waals surface area contributed by atoms with Crippen LogP contribution < -0.4 is 16.1 Å². The van der Waals surface area contributed by atoms with E-state index >= 15 is 0 Å². The molecule has 338 valence electrons. The van der Waals surface area contributed by atoms with Crippen LogP contribution in [0.2, 0.25) is 0 Å². The number of aromatic nitrogens is 2. The monoisotopic (exact) mass is 1020 g/mol. The Bertz CT molecular complexity index is 2850. The zero-order valence-corrected chi connectivity index (χ0v) is 38.5. The van der Waals surface area contributed by atoms with Gasteiger partial charge in [-0.2, -0.15) is 16.8 Å². The Morgan fingerprint density at radius 2 is 1.44 bits per heavy atom. The lowest BCUT2D eigenvalue weighted by Gasteiger charge is -2.32. The first-order valence-corrected chi connectivity index (χ1v) is 23.7. The number of unbranched alkanes of at least 4 members (excludes halogenated alkanes) is 4. The second-order valence-corrected chi connectivity index (χ2v) is 20.2. The number of aliphatic carboxylic acids is 2. The number of hydrogen-bond donors (Lipinski definition) is 7. The molecule has 0 saturated heterocycles. The van der Waals surface area contributed by atoms with Crippen LogP contribution in [0.15, 0.2) is 89.8 Å². The molecule has 2 aliphatic rings. The van der Waals surface area contributed by atoms with Gasteiger partial charge in [0.2, 0.25) is 5.88 Å². The van der Waals surface area contributed by atoms with Gasteiger partial charge in [-0.15, -0.1) is 0 Å². The van der Waals surface area contributed by atoms with Gasteiger partial charge in [0.05, 0.1) is 9.79 Å². The van der Waals surface area contributed by atoms with Crippen molar-refractivity contribution in [2.24, 2.45) is 4.99 Å². The summed E-state index contributed by atoms with van der Waals surface area (Å²) in [6.07, 6.45) is 5.38. The quantitative estimate of drug-likeness (QED) is 0.0256. The van der Waals surface area contributed by atoms with Gasteiger partial charge in [-0.3, -0.25) is 43.2 Å². The maximum Gasteiger partial charge on any atom is 0.328 e. The number of rotatable bonds is 19. The van der Waals surface area contributed by atoms with E-state index in [1.807, 2.05) is 27.5 Å². The fourth-order valence-corrected chi connectivity index (χ4v) is 9.71. The summed E-state index contributed by atoms with van der Waals surface area (Å²) in [6, 6.07) is 8.03. The van der Waals surface area contributed by atoms with Crippen LogP contribution in [0.4, 0.5) is 5.69 Å². The molecule has 1 aliphatic carbocycles. The summed E-state index contributed by atoms with van der Waals surface area (Å²) < 4.78 is 69.4. The fourth-order valence-electron chi connectivity index (χ4n) is 7.69. The summed E-state index contributed by atoms with van der Waals surface area (Å²) in [5, 5.41) is 29.4. The average Bonchev–Trinajstić information content (AvgIpc) is 3.37. The van der Waals surface area contributed by atoms with E-state index in [0.29, 0.717) is 64.6 Å². The molecule has 63 heavy (non-hydrogen) atoms. The number of carboxylic acids is 2. The highest BCUT2D eigenvalue weighted by Gasteiger charge is 2.44. The first kappa shape index (κ1) is 48.8. The number of aromatic hydroxyl groups is 1. The first-order chi connectivity index (χ1) is 29.3. The number of benzene rings is 2. The van der Waals surface area contributed by atoms with Gasteiger partial charge in [0.15, 0.2) is 5.78 Å². The number of halogens is 1. The second-order valence-electron chi connectivity index (χ2n) is 16.2. The molecular formula is C42H47IN4O14S2. The van der Waals surface area contributed by atoms with Gasteiger partial charge in [0.25, 0.3) is 25.8 Å². The Morgan fingerprint density at radius 1 is 0.857 bits per heavy atom. The van der Waals surface area contributed by atoms with Gasteiger partial charge < -0.3 is 20.2 Å². The highest BCUT2D eigenvalue weighted by Crippen LogP contribution is 2.51.